The van der Waals surface area contributed by atoms with Gasteiger partial charge in [-0.15, -0.1) is 0 Å². The molecule has 0 aromatic heterocycles. The summed E-state index contributed by atoms with van der Waals surface area (Å²) in [5.74, 6) is 0. The van der Waals surface area contributed by atoms with Crippen LogP contribution in [0.15, 0.2) is 0 Å². The second kappa shape index (κ2) is 8.08. The third-order valence-corrected chi connectivity index (χ3v) is 3.21. The maximum atomic E-state index is 9.36. The van der Waals surface area contributed by atoms with Gasteiger partial charge in [-0.05, 0) is 45.8 Å². The van der Waals surface area contributed by atoms with Crippen LogP contribution in [0.5, 0.6) is 0 Å². The van der Waals surface area contributed by atoms with Gasteiger partial charge >= 0.3 is 0 Å². The summed E-state index contributed by atoms with van der Waals surface area (Å²) in [6.45, 7) is 4.57. The van der Waals surface area contributed by atoms with Crippen LogP contribution in [-0.2, 0) is 0 Å². The lowest BCUT2D eigenvalue weighted by Gasteiger charge is -2.29. The minimum Gasteiger partial charge on any atom is -0.393 e. The van der Waals surface area contributed by atoms with Crippen molar-refractivity contribution in [1.82, 2.24) is 10.2 Å². The summed E-state index contributed by atoms with van der Waals surface area (Å²) in [5, 5.41) is 12.5. The summed E-state index contributed by atoms with van der Waals surface area (Å²) in [7, 11) is 2.01. The first kappa shape index (κ1) is 12.9. The molecule has 0 amide bonds. The molecule has 0 atom stereocenters. The van der Waals surface area contributed by atoms with Crippen LogP contribution in [0.3, 0.4) is 0 Å². The molecule has 90 valence electrons. The molecule has 3 nitrogen and oxygen atoms in total. The lowest BCUT2D eigenvalue weighted by molar-refractivity contribution is 0.0817. The highest BCUT2D eigenvalue weighted by Crippen LogP contribution is 2.11. The zero-order chi connectivity index (χ0) is 10.9. The second-order valence-corrected chi connectivity index (χ2v) is 4.59. The van der Waals surface area contributed by atoms with Crippen LogP contribution in [0.2, 0.25) is 0 Å². The fourth-order valence-corrected chi connectivity index (χ4v) is 2.13. The van der Waals surface area contributed by atoms with Gasteiger partial charge in [-0.3, -0.25) is 0 Å². The van der Waals surface area contributed by atoms with E-state index in [1.807, 2.05) is 7.05 Å². The van der Waals surface area contributed by atoms with Gasteiger partial charge in [0.05, 0.1) is 6.10 Å². The maximum absolute atomic E-state index is 9.36. The molecule has 1 heterocycles. The van der Waals surface area contributed by atoms with Gasteiger partial charge in [0.15, 0.2) is 0 Å². The number of nitrogens with one attached hydrogen (secondary N) is 1. The number of aliphatic hydroxyl groups is 1. The van der Waals surface area contributed by atoms with E-state index >= 15 is 0 Å². The molecule has 0 bridgehead atoms. The molecule has 1 aliphatic rings. The number of rotatable bonds is 7. The molecule has 3 heteroatoms. The molecule has 0 spiro atoms. The summed E-state index contributed by atoms with van der Waals surface area (Å²) < 4.78 is 0. The summed E-state index contributed by atoms with van der Waals surface area (Å²) in [4.78, 5) is 2.49. The molecule has 0 aromatic rings. The Morgan fingerprint density at radius 1 is 1.13 bits per heavy atom. The second-order valence-electron chi connectivity index (χ2n) is 4.59. The Hall–Kier alpha value is -0.120. The van der Waals surface area contributed by atoms with Crippen molar-refractivity contribution in [1.29, 1.82) is 0 Å². The fourth-order valence-electron chi connectivity index (χ4n) is 2.13. The van der Waals surface area contributed by atoms with Crippen LogP contribution in [0.1, 0.15) is 38.5 Å². The summed E-state index contributed by atoms with van der Waals surface area (Å²) >= 11 is 0. The Kier molecular flexibility index (Phi) is 6.98. The highest BCUT2D eigenvalue weighted by Gasteiger charge is 2.15. The number of hydrogen-bond donors (Lipinski definition) is 2. The number of aliphatic hydroxyl groups excluding tert-OH is 1. The first-order valence-corrected chi connectivity index (χ1v) is 6.38. The SMILES string of the molecule is CNCCCCCCN1CCC(O)CC1. The van der Waals surface area contributed by atoms with Gasteiger partial charge < -0.3 is 15.3 Å². The largest absolute Gasteiger partial charge is 0.393 e. The third kappa shape index (κ3) is 6.13. The fraction of sp³-hybridized carbons (Fsp3) is 1.00. The molecule has 15 heavy (non-hydrogen) atoms. The van der Waals surface area contributed by atoms with E-state index in [4.69, 9.17) is 0 Å². The molecule has 1 fully saturated rings. The molecule has 1 aliphatic heterocycles. The van der Waals surface area contributed by atoms with Gasteiger partial charge in [0.1, 0.15) is 0 Å². The van der Waals surface area contributed by atoms with Gasteiger partial charge in [0.25, 0.3) is 0 Å². The van der Waals surface area contributed by atoms with Crippen molar-refractivity contribution in [3.8, 4) is 0 Å². The summed E-state index contributed by atoms with van der Waals surface area (Å²) in [6.07, 6.45) is 7.23. The Bertz CT molecular complexity index is 145. The predicted octanol–water partition coefficient (Wildman–Crippen LogP) is 1.22. The van der Waals surface area contributed by atoms with Crippen LogP contribution in [-0.4, -0.2) is 49.3 Å². The van der Waals surface area contributed by atoms with Gasteiger partial charge in [-0.2, -0.15) is 0 Å². The molecular formula is C12H26N2O. The normalized spacial score (nSPS) is 19.6. The van der Waals surface area contributed by atoms with Crippen LogP contribution in [0.4, 0.5) is 0 Å². The molecule has 0 aromatic carbocycles. The van der Waals surface area contributed by atoms with Crippen molar-refractivity contribution in [3.63, 3.8) is 0 Å². The lowest BCUT2D eigenvalue weighted by Crippen LogP contribution is -2.36. The van der Waals surface area contributed by atoms with E-state index in [2.05, 4.69) is 10.2 Å². The molecule has 0 radical (unpaired) electrons. The average Bonchev–Trinajstić information content (AvgIpc) is 2.26. The summed E-state index contributed by atoms with van der Waals surface area (Å²) in [6, 6.07) is 0. The van der Waals surface area contributed by atoms with Gasteiger partial charge in [0.2, 0.25) is 0 Å². The van der Waals surface area contributed by atoms with E-state index in [-0.39, 0.29) is 6.10 Å². The van der Waals surface area contributed by atoms with E-state index < -0.39 is 0 Å². The van der Waals surface area contributed by atoms with E-state index in [0.717, 1.165) is 32.5 Å². The van der Waals surface area contributed by atoms with Crippen LogP contribution in [0, 0.1) is 0 Å². The Labute approximate surface area is 93.9 Å². The molecule has 2 N–H and O–H groups in total. The first-order chi connectivity index (χ1) is 7.33. The van der Waals surface area contributed by atoms with E-state index in [0.29, 0.717) is 0 Å². The summed E-state index contributed by atoms with van der Waals surface area (Å²) in [5.41, 5.74) is 0. The monoisotopic (exact) mass is 214 g/mol. The van der Waals surface area contributed by atoms with Crippen molar-refractivity contribution in [2.45, 2.75) is 44.6 Å². The lowest BCUT2D eigenvalue weighted by atomic mass is 10.1. The molecule has 0 aliphatic carbocycles. The van der Waals surface area contributed by atoms with Crippen molar-refractivity contribution in [2.75, 3.05) is 33.2 Å². The highest BCUT2D eigenvalue weighted by atomic mass is 16.3. The number of likely N-dealkylation sites (tertiary alicyclic amines) is 1. The minimum atomic E-state index is -0.0307. The Balaban J connectivity index is 1.87. The Morgan fingerprint density at radius 3 is 2.47 bits per heavy atom. The minimum absolute atomic E-state index is 0.0307. The number of nitrogens with zero attached hydrogens (tertiary/aromatic N) is 1. The Morgan fingerprint density at radius 2 is 1.80 bits per heavy atom. The zero-order valence-electron chi connectivity index (χ0n) is 10.0. The number of unbranched alkanes of at least 4 members (excludes halogenated alkanes) is 3. The van der Waals surface area contributed by atoms with Crippen LogP contribution in [0.25, 0.3) is 0 Å². The molecule has 1 saturated heterocycles. The predicted molar refractivity (Wildman–Crippen MR) is 64.1 cm³/mol. The van der Waals surface area contributed by atoms with E-state index in [9.17, 15) is 5.11 Å². The molecule has 1 rings (SSSR count). The van der Waals surface area contributed by atoms with Crippen molar-refractivity contribution in [2.24, 2.45) is 0 Å². The average molecular weight is 214 g/mol. The van der Waals surface area contributed by atoms with Gasteiger partial charge in [-0.1, -0.05) is 12.8 Å². The van der Waals surface area contributed by atoms with Gasteiger partial charge in [0, 0.05) is 13.1 Å². The zero-order valence-corrected chi connectivity index (χ0v) is 10.0. The quantitative estimate of drug-likeness (QED) is 0.626. The smallest absolute Gasteiger partial charge is 0.0564 e. The number of hydrogen-bond acceptors (Lipinski definition) is 3. The van der Waals surface area contributed by atoms with Gasteiger partial charge in [-0.25, -0.2) is 0 Å². The third-order valence-electron chi connectivity index (χ3n) is 3.21. The topological polar surface area (TPSA) is 35.5 Å². The molecule has 0 saturated carbocycles. The van der Waals surface area contributed by atoms with Crippen LogP contribution < -0.4 is 5.32 Å². The first-order valence-electron chi connectivity index (χ1n) is 6.38. The molecular weight excluding hydrogens is 188 g/mol. The van der Waals surface area contributed by atoms with Crippen molar-refractivity contribution in [3.05, 3.63) is 0 Å². The van der Waals surface area contributed by atoms with E-state index in [1.165, 1.54) is 32.2 Å². The molecule has 0 unspecified atom stereocenters. The maximum Gasteiger partial charge on any atom is 0.0564 e. The standard InChI is InChI=1S/C12H26N2O/c1-13-8-4-2-3-5-9-14-10-6-12(15)7-11-14/h12-13,15H,2-11H2,1H3. The van der Waals surface area contributed by atoms with Crippen LogP contribution >= 0.6 is 0 Å². The van der Waals surface area contributed by atoms with Crippen molar-refractivity contribution >= 4 is 0 Å². The highest BCUT2D eigenvalue weighted by molar-refractivity contribution is 4.70. The number of piperidine rings is 1. The van der Waals surface area contributed by atoms with Crippen molar-refractivity contribution < 1.29 is 5.11 Å². The van der Waals surface area contributed by atoms with E-state index in [1.54, 1.807) is 0 Å².